The van der Waals surface area contributed by atoms with E-state index in [1.54, 1.807) is 7.11 Å². The number of methoxy groups -OCH3 is 1. The van der Waals surface area contributed by atoms with Crippen LogP contribution in [0.15, 0.2) is 54.7 Å². The molecular formula is C23H27N3O3. The van der Waals surface area contributed by atoms with Gasteiger partial charge in [-0.05, 0) is 35.4 Å². The number of ether oxygens (including phenoxy) is 2. The number of amides is 1. The minimum Gasteiger partial charge on any atom is -0.497 e. The second-order valence-corrected chi connectivity index (χ2v) is 7.35. The first-order chi connectivity index (χ1) is 14.2. The minimum atomic E-state index is -0.00397. The maximum Gasteiger partial charge on any atom is 0.240 e. The third-order valence-corrected chi connectivity index (χ3v) is 5.31. The lowest BCUT2D eigenvalue weighted by molar-refractivity contribution is -0.121. The molecule has 1 aliphatic rings. The molecule has 29 heavy (non-hydrogen) atoms. The van der Waals surface area contributed by atoms with Gasteiger partial charge in [0.05, 0.1) is 20.3 Å². The Bertz CT molecular complexity index is 959. The van der Waals surface area contributed by atoms with Crippen LogP contribution in [0.4, 0.5) is 0 Å². The second-order valence-electron chi connectivity index (χ2n) is 7.35. The highest BCUT2D eigenvalue weighted by Crippen LogP contribution is 2.21. The summed E-state index contributed by atoms with van der Waals surface area (Å²) in [7, 11) is 1.65. The zero-order valence-electron chi connectivity index (χ0n) is 16.8. The summed E-state index contributed by atoms with van der Waals surface area (Å²) in [5.41, 5.74) is 3.41. The van der Waals surface area contributed by atoms with Gasteiger partial charge in [-0.25, -0.2) is 0 Å². The van der Waals surface area contributed by atoms with Crippen molar-refractivity contribution in [2.24, 2.45) is 0 Å². The third-order valence-electron chi connectivity index (χ3n) is 5.31. The maximum absolute atomic E-state index is 12.4. The van der Waals surface area contributed by atoms with Crippen LogP contribution in [0.2, 0.25) is 0 Å². The molecule has 0 unspecified atom stereocenters. The molecule has 1 aliphatic heterocycles. The average Bonchev–Trinajstić information content (AvgIpc) is 3.16. The number of fused-ring (bicyclic) bond motifs is 1. The molecule has 0 saturated carbocycles. The van der Waals surface area contributed by atoms with Gasteiger partial charge in [-0.15, -0.1) is 0 Å². The fraction of sp³-hybridized carbons (Fsp3) is 0.348. The number of aromatic nitrogens is 1. The van der Waals surface area contributed by atoms with Gasteiger partial charge in [-0.2, -0.15) is 0 Å². The standard InChI is InChI=1S/C23H27N3O3/c1-28-21-6-7-22-20(14-21)8-9-26(22)17-23(27)24-15-18-2-4-19(5-3-18)16-25-10-12-29-13-11-25/h2-9,14H,10-13,15-17H2,1H3,(H,24,27). The van der Waals surface area contributed by atoms with Gasteiger partial charge in [0.25, 0.3) is 0 Å². The maximum atomic E-state index is 12.4. The van der Waals surface area contributed by atoms with Crippen molar-refractivity contribution in [3.63, 3.8) is 0 Å². The van der Waals surface area contributed by atoms with Gasteiger partial charge in [0.15, 0.2) is 0 Å². The molecule has 1 N–H and O–H groups in total. The molecule has 0 bridgehead atoms. The molecular weight excluding hydrogens is 366 g/mol. The van der Waals surface area contributed by atoms with Crippen LogP contribution in [-0.4, -0.2) is 48.8 Å². The number of rotatable bonds is 7. The highest BCUT2D eigenvalue weighted by atomic mass is 16.5. The van der Waals surface area contributed by atoms with E-state index in [2.05, 4.69) is 34.5 Å². The smallest absolute Gasteiger partial charge is 0.240 e. The van der Waals surface area contributed by atoms with Crippen molar-refractivity contribution in [1.29, 1.82) is 0 Å². The summed E-state index contributed by atoms with van der Waals surface area (Å²) in [6.07, 6.45) is 1.93. The number of benzene rings is 2. The lowest BCUT2D eigenvalue weighted by Crippen LogP contribution is -2.35. The number of morpholine rings is 1. The van der Waals surface area contributed by atoms with Crippen molar-refractivity contribution in [1.82, 2.24) is 14.8 Å². The van der Waals surface area contributed by atoms with Crippen LogP contribution < -0.4 is 10.1 Å². The summed E-state index contributed by atoms with van der Waals surface area (Å²) >= 11 is 0. The van der Waals surface area contributed by atoms with Gasteiger partial charge in [0, 0.05) is 43.3 Å². The predicted octanol–water partition coefficient (Wildman–Crippen LogP) is 2.80. The van der Waals surface area contributed by atoms with E-state index in [4.69, 9.17) is 9.47 Å². The van der Waals surface area contributed by atoms with Crippen molar-refractivity contribution in [2.75, 3.05) is 33.4 Å². The monoisotopic (exact) mass is 393 g/mol. The fourth-order valence-electron chi connectivity index (χ4n) is 3.63. The minimum absolute atomic E-state index is 0.00397. The number of nitrogens with zero attached hydrogens (tertiary/aromatic N) is 2. The molecule has 1 fully saturated rings. The molecule has 1 amide bonds. The molecule has 1 saturated heterocycles. The number of nitrogens with one attached hydrogen (secondary N) is 1. The lowest BCUT2D eigenvalue weighted by atomic mass is 10.1. The quantitative estimate of drug-likeness (QED) is 0.671. The Labute approximate surface area is 171 Å². The largest absolute Gasteiger partial charge is 0.497 e. The topological polar surface area (TPSA) is 55.7 Å². The van der Waals surface area contributed by atoms with Crippen molar-refractivity contribution >= 4 is 16.8 Å². The summed E-state index contributed by atoms with van der Waals surface area (Å²) in [5.74, 6) is 0.812. The summed E-state index contributed by atoms with van der Waals surface area (Å²) in [5, 5.41) is 4.08. The molecule has 0 radical (unpaired) electrons. The number of carbonyl (C=O) groups excluding carboxylic acids is 1. The van der Waals surface area contributed by atoms with Crippen LogP contribution >= 0.6 is 0 Å². The van der Waals surface area contributed by atoms with Gasteiger partial charge in [-0.1, -0.05) is 24.3 Å². The zero-order valence-corrected chi connectivity index (χ0v) is 16.8. The zero-order chi connectivity index (χ0) is 20.1. The molecule has 6 heteroatoms. The molecule has 0 atom stereocenters. The third kappa shape index (κ3) is 4.96. The average molecular weight is 393 g/mol. The summed E-state index contributed by atoms with van der Waals surface area (Å²) in [6, 6.07) is 16.3. The van der Waals surface area contributed by atoms with Crippen molar-refractivity contribution in [3.8, 4) is 5.75 Å². The number of hydrogen-bond acceptors (Lipinski definition) is 4. The van der Waals surface area contributed by atoms with Gasteiger partial charge in [0.2, 0.25) is 5.91 Å². The van der Waals surface area contributed by atoms with E-state index < -0.39 is 0 Å². The first-order valence-electron chi connectivity index (χ1n) is 9.99. The Kier molecular flexibility index (Phi) is 6.12. The van der Waals surface area contributed by atoms with Gasteiger partial charge >= 0.3 is 0 Å². The predicted molar refractivity (Wildman–Crippen MR) is 113 cm³/mol. The van der Waals surface area contributed by atoms with E-state index in [9.17, 15) is 4.79 Å². The lowest BCUT2D eigenvalue weighted by Gasteiger charge is -2.26. The van der Waals surface area contributed by atoms with E-state index in [0.29, 0.717) is 13.1 Å². The Morgan fingerprint density at radius 1 is 1.07 bits per heavy atom. The Hall–Kier alpha value is -2.83. The van der Waals surface area contributed by atoms with Crippen molar-refractivity contribution in [2.45, 2.75) is 19.6 Å². The molecule has 2 aromatic carbocycles. The highest BCUT2D eigenvalue weighted by molar-refractivity contribution is 5.84. The van der Waals surface area contributed by atoms with E-state index in [0.717, 1.165) is 55.1 Å². The van der Waals surface area contributed by atoms with Gasteiger partial charge in [-0.3, -0.25) is 9.69 Å². The fourth-order valence-corrected chi connectivity index (χ4v) is 3.63. The van der Waals surface area contributed by atoms with Crippen LogP contribution in [0.1, 0.15) is 11.1 Å². The molecule has 152 valence electrons. The van der Waals surface area contributed by atoms with Crippen LogP contribution in [0.25, 0.3) is 10.9 Å². The Morgan fingerprint density at radius 2 is 1.83 bits per heavy atom. The molecule has 6 nitrogen and oxygen atoms in total. The van der Waals surface area contributed by atoms with E-state index in [1.807, 2.05) is 35.0 Å². The second kappa shape index (κ2) is 9.11. The van der Waals surface area contributed by atoms with Crippen LogP contribution in [-0.2, 0) is 29.2 Å². The van der Waals surface area contributed by atoms with Crippen LogP contribution in [0, 0.1) is 0 Å². The molecule has 2 heterocycles. The van der Waals surface area contributed by atoms with E-state index >= 15 is 0 Å². The Morgan fingerprint density at radius 3 is 2.59 bits per heavy atom. The normalized spacial score (nSPS) is 14.8. The molecule has 3 aromatic rings. The van der Waals surface area contributed by atoms with Gasteiger partial charge in [0.1, 0.15) is 12.3 Å². The van der Waals surface area contributed by atoms with Crippen molar-refractivity contribution in [3.05, 3.63) is 65.9 Å². The first-order valence-corrected chi connectivity index (χ1v) is 9.99. The number of carbonyl (C=O) groups is 1. The SMILES string of the molecule is COc1ccc2c(ccn2CC(=O)NCc2ccc(CN3CCOCC3)cc2)c1. The Balaban J connectivity index is 1.29. The molecule has 0 aliphatic carbocycles. The van der Waals surface area contributed by atoms with E-state index in [-0.39, 0.29) is 5.91 Å². The summed E-state index contributed by atoms with van der Waals surface area (Å²) in [6.45, 7) is 5.37. The summed E-state index contributed by atoms with van der Waals surface area (Å²) < 4.78 is 12.6. The van der Waals surface area contributed by atoms with Gasteiger partial charge < -0.3 is 19.4 Å². The van der Waals surface area contributed by atoms with Crippen LogP contribution in [0.5, 0.6) is 5.75 Å². The number of hydrogen-bond donors (Lipinski definition) is 1. The molecule has 4 rings (SSSR count). The van der Waals surface area contributed by atoms with E-state index in [1.165, 1.54) is 5.56 Å². The molecule has 0 spiro atoms. The van der Waals surface area contributed by atoms with Crippen molar-refractivity contribution < 1.29 is 14.3 Å². The summed E-state index contributed by atoms with van der Waals surface area (Å²) in [4.78, 5) is 14.8. The first kappa shape index (κ1) is 19.5. The highest BCUT2D eigenvalue weighted by Gasteiger charge is 2.11. The molecule has 1 aromatic heterocycles. The van der Waals surface area contributed by atoms with Crippen LogP contribution in [0.3, 0.4) is 0 Å².